The summed E-state index contributed by atoms with van der Waals surface area (Å²) in [6.07, 6.45) is 4.67. The summed E-state index contributed by atoms with van der Waals surface area (Å²) in [5.41, 5.74) is 4.74. The third-order valence-electron chi connectivity index (χ3n) is 5.42. The van der Waals surface area contributed by atoms with Crippen LogP contribution in [0.4, 0.5) is 0 Å². The van der Waals surface area contributed by atoms with Gasteiger partial charge in [0, 0.05) is 5.56 Å². The number of rotatable bonds is 7. The zero-order valence-electron chi connectivity index (χ0n) is 17.5. The Kier molecular flexibility index (Phi) is 6.12. The Hall–Kier alpha value is -3.15. The van der Waals surface area contributed by atoms with Crippen LogP contribution in [0.5, 0.6) is 5.75 Å². The number of nitrogens with zero attached hydrogens (tertiary/aromatic N) is 2. The summed E-state index contributed by atoms with van der Waals surface area (Å²) in [6.45, 7) is 4.12. The van der Waals surface area contributed by atoms with Gasteiger partial charge in [0.05, 0.1) is 6.54 Å². The second-order valence-electron chi connectivity index (χ2n) is 7.75. The zero-order valence-corrected chi connectivity index (χ0v) is 17.5. The summed E-state index contributed by atoms with van der Waals surface area (Å²) in [6, 6.07) is 14.1. The second-order valence-corrected chi connectivity index (χ2v) is 7.75. The molecule has 0 unspecified atom stereocenters. The van der Waals surface area contributed by atoms with E-state index >= 15 is 0 Å². The lowest BCUT2D eigenvalue weighted by Crippen LogP contribution is -2.37. The van der Waals surface area contributed by atoms with Crippen LogP contribution in [0.2, 0.25) is 0 Å². The summed E-state index contributed by atoms with van der Waals surface area (Å²) >= 11 is 0. The van der Waals surface area contributed by atoms with Crippen molar-refractivity contribution in [1.82, 2.24) is 15.5 Å². The molecule has 6 heteroatoms. The molecule has 1 heterocycles. The van der Waals surface area contributed by atoms with Crippen LogP contribution in [0.1, 0.15) is 48.8 Å². The molecule has 1 amide bonds. The van der Waals surface area contributed by atoms with Crippen LogP contribution < -0.4 is 10.1 Å². The van der Waals surface area contributed by atoms with Gasteiger partial charge < -0.3 is 14.6 Å². The van der Waals surface area contributed by atoms with Crippen LogP contribution in [-0.2, 0) is 24.2 Å². The zero-order chi connectivity index (χ0) is 20.9. The van der Waals surface area contributed by atoms with Gasteiger partial charge in [-0.2, -0.15) is 4.98 Å². The van der Waals surface area contributed by atoms with Crippen molar-refractivity contribution in [3.05, 3.63) is 65.0 Å². The molecule has 0 saturated heterocycles. The largest absolute Gasteiger partial charge is 0.481 e. The number of benzene rings is 2. The maximum absolute atomic E-state index is 12.6. The first-order valence-corrected chi connectivity index (χ1v) is 10.6. The Labute approximate surface area is 176 Å². The first-order chi connectivity index (χ1) is 14.6. The topological polar surface area (TPSA) is 77.2 Å². The minimum Gasteiger partial charge on any atom is -0.481 e. The quantitative estimate of drug-likeness (QED) is 0.630. The van der Waals surface area contributed by atoms with Gasteiger partial charge >= 0.3 is 0 Å². The van der Waals surface area contributed by atoms with Gasteiger partial charge in [0.2, 0.25) is 11.7 Å². The van der Waals surface area contributed by atoms with E-state index in [1.807, 2.05) is 44.2 Å². The van der Waals surface area contributed by atoms with Crippen molar-refractivity contribution in [2.45, 2.75) is 58.6 Å². The molecular weight excluding hydrogens is 378 g/mol. The monoisotopic (exact) mass is 405 g/mol. The van der Waals surface area contributed by atoms with E-state index in [1.165, 1.54) is 24.0 Å². The summed E-state index contributed by atoms with van der Waals surface area (Å²) in [7, 11) is 0. The molecule has 0 aliphatic heterocycles. The fraction of sp³-hybridized carbons (Fsp3) is 0.375. The maximum Gasteiger partial charge on any atom is 0.261 e. The Bertz CT molecular complexity index is 1030. The highest BCUT2D eigenvalue weighted by molar-refractivity contribution is 5.81. The van der Waals surface area contributed by atoms with Crippen molar-refractivity contribution in [3.8, 4) is 17.1 Å². The molecule has 30 heavy (non-hydrogen) atoms. The first kappa shape index (κ1) is 20.1. The molecule has 6 nitrogen and oxygen atoms in total. The molecule has 1 aromatic heterocycles. The lowest BCUT2D eigenvalue weighted by atomic mass is 9.92. The predicted octanol–water partition coefficient (Wildman–Crippen LogP) is 4.40. The van der Waals surface area contributed by atoms with E-state index in [9.17, 15) is 4.79 Å². The number of aryl methyl sites for hydroxylation is 3. The van der Waals surface area contributed by atoms with Crippen LogP contribution in [0, 0.1) is 6.92 Å². The van der Waals surface area contributed by atoms with Gasteiger partial charge in [-0.05, 0) is 68.4 Å². The minimum atomic E-state index is -0.564. The molecule has 2 aromatic carbocycles. The van der Waals surface area contributed by atoms with E-state index in [4.69, 9.17) is 9.26 Å². The molecular formula is C24H27N3O3. The standard InChI is InChI=1S/C24H27N3O3/c1-3-21(29-20-12-11-17-8-4-5-9-18(17)14-20)24(28)25-15-22-26-23(27-30-22)19-10-6-7-16(2)13-19/h6-7,10-14,21H,3-5,8-9,15H2,1-2H3,(H,25,28)/t21-/m1/s1. The number of hydrogen-bond donors (Lipinski definition) is 1. The Morgan fingerprint density at radius 3 is 2.80 bits per heavy atom. The molecule has 0 saturated carbocycles. The lowest BCUT2D eigenvalue weighted by molar-refractivity contribution is -0.128. The molecule has 0 bridgehead atoms. The van der Waals surface area contributed by atoms with Crippen LogP contribution in [-0.4, -0.2) is 22.2 Å². The molecule has 0 radical (unpaired) electrons. The van der Waals surface area contributed by atoms with Crippen LogP contribution in [0.3, 0.4) is 0 Å². The fourth-order valence-corrected chi connectivity index (χ4v) is 3.77. The summed E-state index contributed by atoms with van der Waals surface area (Å²) in [5, 5.41) is 6.86. The number of carbonyl (C=O) groups excluding carboxylic acids is 1. The summed E-state index contributed by atoms with van der Waals surface area (Å²) in [5.74, 6) is 1.44. The van der Waals surface area contributed by atoms with E-state index in [0.717, 1.165) is 29.7 Å². The summed E-state index contributed by atoms with van der Waals surface area (Å²) < 4.78 is 11.3. The van der Waals surface area contributed by atoms with Gasteiger partial charge in [0.25, 0.3) is 5.91 Å². The predicted molar refractivity (Wildman–Crippen MR) is 114 cm³/mol. The van der Waals surface area contributed by atoms with Crippen molar-refractivity contribution in [1.29, 1.82) is 0 Å². The van der Waals surface area contributed by atoms with Crippen molar-refractivity contribution in [2.75, 3.05) is 0 Å². The third-order valence-corrected chi connectivity index (χ3v) is 5.42. The molecule has 4 rings (SSSR count). The van der Waals surface area contributed by atoms with Crippen molar-refractivity contribution in [2.24, 2.45) is 0 Å². The Morgan fingerprint density at radius 2 is 2.00 bits per heavy atom. The number of aromatic nitrogens is 2. The number of hydrogen-bond acceptors (Lipinski definition) is 5. The van der Waals surface area contributed by atoms with Gasteiger partial charge in [0.1, 0.15) is 5.75 Å². The average molecular weight is 405 g/mol. The number of carbonyl (C=O) groups is 1. The van der Waals surface area contributed by atoms with Crippen LogP contribution in [0.25, 0.3) is 11.4 Å². The number of amides is 1. The molecule has 156 valence electrons. The Balaban J connectivity index is 1.36. The van der Waals surface area contributed by atoms with Gasteiger partial charge in [-0.3, -0.25) is 4.79 Å². The van der Waals surface area contributed by atoms with Gasteiger partial charge in [-0.15, -0.1) is 0 Å². The molecule has 1 aliphatic carbocycles. The van der Waals surface area contributed by atoms with E-state index in [0.29, 0.717) is 18.1 Å². The fourth-order valence-electron chi connectivity index (χ4n) is 3.77. The Morgan fingerprint density at radius 1 is 1.17 bits per heavy atom. The molecule has 1 aliphatic rings. The SMILES string of the molecule is CC[C@@H](Oc1ccc2c(c1)CCCC2)C(=O)NCc1nc(-c2cccc(C)c2)no1. The normalized spacial score (nSPS) is 14.1. The molecule has 1 atom stereocenters. The van der Waals surface area contributed by atoms with Crippen molar-refractivity contribution >= 4 is 5.91 Å². The molecule has 1 N–H and O–H groups in total. The third kappa shape index (κ3) is 4.70. The summed E-state index contributed by atoms with van der Waals surface area (Å²) in [4.78, 5) is 17.0. The van der Waals surface area contributed by atoms with Crippen LogP contribution >= 0.6 is 0 Å². The molecule has 0 fully saturated rings. The number of fused-ring (bicyclic) bond motifs is 1. The van der Waals surface area contributed by atoms with Gasteiger partial charge in [0.15, 0.2) is 6.10 Å². The van der Waals surface area contributed by atoms with Gasteiger partial charge in [-0.1, -0.05) is 41.9 Å². The van der Waals surface area contributed by atoms with E-state index in [2.05, 4.69) is 27.6 Å². The van der Waals surface area contributed by atoms with Crippen LogP contribution in [0.15, 0.2) is 47.0 Å². The van der Waals surface area contributed by atoms with Gasteiger partial charge in [-0.25, -0.2) is 0 Å². The number of ether oxygens (including phenoxy) is 1. The number of nitrogens with one attached hydrogen (secondary N) is 1. The maximum atomic E-state index is 12.6. The highest BCUT2D eigenvalue weighted by atomic mass is 16.5. The van der Waals surface area contributed by atoms with Crippen molar-refractivity contribution < 1.29 is 14.1 Å². The lowest BCUT2D eigenvalue weighted by Gasteiger charge is -2.20. The van der Waals surface area contributed by atoms with Crippen molar-refractivity contribution in [3.63, 3.8) is 0 Å². The van der Waals surface area contributed by atoms with E-state index in [1.54, 1.807) is 0 Å². The molecule has 3 aromatic rings. The second kappa shape index (κ2) is 9.11. The minimum absolute atomic E-state index is 0.168. The first-order valence-electron chi connectivity index (χ1n) is 10.6. The van der Waals surface area contributed by atoms with E-state index in [-0.39, 0.29) is 12.5 Å². The molecule has 0 spiro atoms. The highest BCUT2D eigenvalue weighted by Gasteiger charge is 2.20. The average Bonchev–Trinajstić information content (AvgIpc) is 3.25. The van der Waals surface area contributed by atoms with E-state index < -0.39 is 6.10 Å². The highest BCUT2D eigenvalue weighted by Crippen LogP contribution is 2.26. The smallest absolute Gasteiger partial charge is 0.261 e.